The molecule has 0 fully saturated rings. The van der Waals surface area contributed by atoms with E-state index in [9.17, 15) is 15.0 Å². The second kappa shape index (κ2) is 5.64. The van der Waals surface area contributed by atoms with Gasteiger partial charge < -0.3 is 15.9 Å². The smallest absolute Gasteiger partial charge is 0.237 e. The van der Waals surface area contributed by atoms with Gasteiger partial charge in [0.2, 0.25) is 11.9 Å². The lowest BCUT2D eigenvalue weighted by Crippen LogP contribution is -2.22. The molecule has 1 atom stereocenters. The molecule has 0 amide bonds. The first-order chi connectivity index (χ1) is 11.0. The number of hydrogen-bond donors (Lipinski definition) is 3. The number of hydrogen-bond acceptors (Lipinski definition) is 5. The van der Waals surface area contributed by atoms with Crippen LogP contribution in [0.1, 0.15) is 17.3 Å². The van der Waals surface area contributed by atoms with Crippen molar-refractivity contribution in [1.82, 2.24) is 9.55 Å². The molecule has 0 saturated heterocycles. The number of nitrogen functional groups attached to an aromatic ring is 1. The molecular weight excluding hydrogens is 294 g/mol. The van der Waals surface area contributed by atoms with Crippen molar-refractivity contribution < 1.29 is 15.0 Å². The zero-order valence-electron chi connectivity index (χ0n) is 12.6. The molecular formula is C17H17N3O3. The van der Waals surface area contributed by atoms with E-state index in [1.54, 1.807) is 25.1 Å². The highest BCUT2D eigenvalue weighted by Gasteiger charge is 2.21. The van der Waals surface area contributed by atoms with Crippen LogP contribution in [0.5, 0.6) is 11.5 Å². The number of imidazole rings is 1. The van der Waals surface area contributed by atoms with E-state index in [4.69, 9.17) is 5.73 Å². The molecule has 6 heteroatoms. The first-order valence-electron chi connectivity index (χ1n) is 7.25. The average molecular weight is 311 g/mol. The number of phenols is 2. The molecule has 118 valence electrons. The first kappa shape index (κ1) is 14.9. The van der Waals surface area contributed by atoms with E-state index in [2.05, 4.69) is 4.98 Å². The zero-order chi connectivity index (χ0) is 16.6. The number of anilines is 1. The van der Waals surface area contributed by atoms with E-state index in [1.165, 1.54) is 16.7 Å². The number of carbonyl (C=O) groups is 1. The first-order valence-corrected chi connectivity index (χ1v) is 7.25. The Kier molecular flexibility index (Phi) is 3.65. The minimum atomic E-state index is -0.362. The molecule has 1 heterocycles. The molecule has 3 rings (SSSR count). The topological polar surface area (TPSA) is 101 Å². The van der Waals surface area contributed by atoms with Crippen molar-refractivity contribution in [2.75, 3.05) is 5.73 Å². The highest BCUT2D eigenvalue weighted by atomic mass is 16.3. The number of aromatic nitrogens is 2. The number of para-hydroxylation sites is 2. The van der Waals surface area contributed by atoms with Crippen LogP contribution in [0, 0.1) is 5.92 Å². The highest BCUT2D eigenvalue weighted by Crippen LogP contribution is 2.27. The van der Waals surface area contributed by atoms with Gasteiger partial charge >= 0.3 is 0 Å². The Morgan fingerprint density at radius 2 is 1.96 bits per heavy atom. The van der Waals surface area contributed by atoms with Gasteiger partial charge in [0.05, 0.1) is 11.0 Å². The lowest BCUT2D eigenvalue weighted by molar-refractivity contribution is 0.0852. The van der Waals surface area contributed by atoms with Crippen LogP contribution in [0.2, 0.25) is 0 Å². The van der Waals surface area contributed by atoms with Gasteiger partial charge in [0.1, 0.15) is 0 Å². The fraction of sp³-hybridized carbons (Fsp3) is 0.176. The van der Waals surface area contributed by atoms with Gasteiger partial charge in [-0.2, -0.15) is 0 Å². The van der Waals surface area contributed by atoms with Crippen LogP contribution in [0.15, 0.2) is 42.5 Å². The van der Waals surface area contributed by atoms with Gasteiger partial charge in [-0.15, -0.1) is 0 Å². The molecule has 1 aromatic heterocycles. The number of nitrogens with zero attached hydrogens (tertiary/aromatic N) is 2. The van der Waals surface area contributed by atoms with Crippen LogP contribution in [-0.2, 0) is 6.42 Å². The Bertz CT molecular complexity index is 886. The van der Waals surface area contributed by atoms with Gasteiger partial charge in [0.15, 0.2) is 11.5 Å². The summed E-state index contributed by atoms with van der Waals surface area (Å²) in [7, 11) is 0. The van der Waals surface area contributed by atoms with Crippen molar-refractivity contribution >= 4 is 22.9 Å². The molecule has 6 nitrogen and oxygen atoms in total. The predicted molar refractivity (Wildman–Crippen MR) is 87.4 cm³/mol. The van der Waals surface area contributed by atoms with Crippen LogP contribution in [0.4, 0.5) is 5.95 Å². The normalized spacial score (nSPS) is 12.4. The van der Waals surface area contributed by atoms with Gasteiger partial charge in [-0.25, -0.2) is 9.55 Å². The Labute approximate surface area is 132 Å². The maximum atomic E-state index is 12.7. The SMILES string of the molecule is CC(Cc1ccc(O)c(O)c1)C(=O)n1c(N)nc2ccccc21. The van der Waals surface area contributed by atoms with Gasteiger partial charge in [0, 0.05) is 5.92 Å². The van der Waals surface area contributed by atoms with Crippen LogP contribution in [0.25, 0.3) is 11.0 Å². The van der Waals surface area contributed by atoms with Crippen LogP contribution < -0.4 is 5.73 Å². The van der Waals surface area contributed by atoms with E-state index >= 15 is 0 Å². The minimum absolute atomic E-state index is 0.163. The Hall–Kier alpha value is -3.02. The third kappa shape index (κ3) is 2.70. The molecule has 0 saturated carbocycles. The summed E-state index contributed by atoms with van der Waals surface area (Å²) in [6, 6.07) is 11.8. The summed E-state index contributed by atoms with van der Waals surface area (Å²) in [4.78, 5) is 16.9. The lowest BCUT2D eigenvalue weighted by atomic mass is 10.00. The largest absolute Gasteiger partial charge is 0.504 e. The summed E-state index contributed by atoms with van der Waals surface area (Å²) in [5.74, 6) is -0.744. The number of rotatable bonds is 3. The fourth-order valence-electron chi connectivity index (χ4n) is 2.63. The molecule has 4 N–H and O–H groups in total. The third-order valence-electron chi connectivity index (χ3n) is 3.81. The molecule has 0 aliphatic rings. The maximum Gasteiger partial charge on any atom is 0.237 e. The van der Waals surface area contributed by atoms with Crippen molar-refractivity contribution in [2.24, 2.45) is 5.92 Å². The van der Waals surface area contributed by atoms with Gasteiger partial charge in [-0.05, 0) is 36.2 Å². The molecule has 0 bridgehead atoms. The van der Waals surface area contributed by atoms with Crippen molar-refractivity contribution in [2.45, 2.75) is 13.3 Å². The summed E-state index contributed by atoms with van der Waals surface area (Å²) < 4.78 is 1.42. The van der Waals surface area contributed by atoms with Gasteiger partial charge in [-0.3, -0.25) is 4.79 Å². The van der Waals surface area contributed by atoms with E-state index in [1.807, 2.05) is 12.1 Å². The minimum Gasteiger partial charge on any atom is -0.504 e. The summed E-state index contributed by atoms with van der Waals surface area (Å²) in [5, 5.41) is 18.9. The summed E-state index contributed by atoms with van der Waals surface area (Å²) in [6.07, 6.45) is 0.415. The second-order valence-corrected chi connectivity index (χ2v) is 5.56. The van der Waals surface area contributed by atoms with Gasteiger partial charge in [0.25, 0.3) is 0 Å². The van der Waals surface area contributed by atoms with Crippen molar-refractivity contribution in [3.63, 3.8) is 0 Å². The van der Waals surface area contributed by atoms with Crippen molar-refractivity contribution in [3.8, 4) is 11.5 Å². The number of aromatic hydroxyl groups is 2. The summed E-state index contributed by atoms with van der Waals surface area (Å²) >= 11 is 0. The molecule has 0 spiro atoms. The quantitative estimate of drug-likeness (QED) is 0.645. The summed E-state index contributed by atoms with van der Waals surface area (Å²) in [6.45, 7) is 1.79. The zero-order valence-corrected chi connectivity index (χ0v) is 12.6. The molecule has 0 radical (unpaired) electrons. The average Bonchev–Trinajstić information content (AvgIpc) is 2.86. The van der Waals surface area contributed by atoms with Crippen LogP contribution in [-0.4, -0.2) is 25.7 Å². The molecule has 0 aliphatic heterocycles. The Morgan fingerprint density at radius 1 is 1.22 bits per heavy atom. The van der Waals surface area contributed by atoms with E-state index in [-0.39, 0.29) is 29.3 Å². The third-order valence-corrected chi connectivity index (χ3v) is 3.81. The molecule has 23 heavy (non-hydrogen) atoms. The maximum absolute atomic E-state index is 12.7. The molecule has 3 aromatic rings. The number of phenolic OH excluding ortho intramolecular Hbond substituents is 2. The number of fused-ring (bicyclic) bond motifs is 1. The molecule has 2 aromatic carbocycles. The van der Waals surface area contributed by atoms with E-state index < -0.39 is 0 Å². The second-order valence-electron chi connectivity index (χ2n) is 5.56. The fourth-order valence-corrected chi connectivity index (χ4v) is 2.63. The number of benzene rings is 2. The summed E-state index contributed by atoms with van der Waals surface area (Å²) in [5.41, 5.74) is 7.99. The number of nitrogens with two attached hydrogens (primary N) is 1. The predicted octanol–water partition coefficient (Wildman–Crippen LogP) is 2.55. The molecule has 0 aliphatic carbocycles. The van der Waals surface area contributed by atoms with Crippen molar-refractivity contribution in [3.05, 3.63) is 48.0 Å². The van der Waals surface area contributed by atoms with Crippen molar-refractivity contribution in [1.29, 1.82) is 0 Å². The van der Waals surface area contributed by atoms with Gasteiger partial charge in [-0.1, -0.05) is 25.1 Å². The lowest BCUT2D eigenvalue weighted by Gasteiger charge is -2.13. The highest BCUT2D eigenvalue weighted by molar-refractivity contribution is 5.94. The monoisotopic (exact) mass is 311 g/mol. The van der Waals surface area contributed by atoms with Crippen LogP contribution in [0.3, 0.4) is 0 Å². The van der Waals surface area contributed by atoms with E-state index in [0.717, 1.165) is 5.56 Å². The molecule has 1 unspecified atom stereocenters. The standard InChI is InChI=1S/C17H17N3O3/c1-10(8-11-6-7-14(21)15(22)9-11)16(23)20-13-5-3-2-4-12(13)19-17(20)18/h2-7,9-10,21-22H,8H2,1H3,(H2,18,19). The number of carbonyl (C=O) groups excluding carboxylic acids is 1. The van der Waals surface area contributed by atoms with Crippen LogP contribution >= 0.6 is 0 Å². The Balaban J connectivity index is 1.89. The Morgan fingerprint density at radius 3 is 2.70 bits per heavy atom. The van der Waals surface area contributed by atoms with E-state index in [0.29, 0.717) is 17.5 Å².